The van der Waals surface area contributed by atoms with Crippen LogP contribution in [0, 0.1) is 0 Å². The second kappa shape index (κ2) is 9.59. The molecule has 1 aromatic carbocycles. The first-order chi connectivity index (χ1) is 12.4. The van der Waals surface area contributed by atoms with Crippen molar-refractivity contribution in [1.29, 1.82) is 0 Å². The Morgan fingerprint density at radius 1 is 1.27 bits per heavy atom. The van der Waals surface area contributed by atoms with Crippen LogP contribution in [-0.4, -0.2) is 46.8 Å². The third-order valence-electron chi connectivity index (χ3n) is 3.67. The lowest BCUT2D eigenvalue weighted by atomic mass is 10.1. The van der Waals surface area contributed by atoms with Gasteiger partial charge < -0.3 is 29.6 Å². The number of aryl methyl sites for hydroxylation is 1. The van der Waals surface area contributed by atoms with Gasteiger partial charge in [-0.25, -0.2) is 4.79 Å². The maximum absolute atomic E-state index is 11.4. The van der Waals surface area contributed by atoms with Crippen molar-refractivity contribution in [3.63, 3.8) is 0 Å². The number of carbonyl (C=O) groups excluding carboxylic acids is 2. The van der Waals surface area contributed by atoms with E-state index >= 15 is 0 Å². The van der Waals surface area contributed by atoms with Crippen molar-refractivity contribution in [1.82, 2.24) is 5.32 Å². The number of esters is 1. The minimum Gasteiger partial charge on any atom is -0.490 e. The Labute approximate surface area is 160 Å². The molecule has 0 spiro atoms. The Morgan fingerprint density at radius 2 is 2.04 bits per heavy atom. The van der Waals surface area contributed by atoms with E-state index in [1.54, 1.807) is 11.4 Å². The topological polar surface area (TPSA) is 73.9 Å². The molecule has 0 radical (unpaired) electrons. The third kappa shape index (κ3) is 5.47. The average Bonchev–Trinajstić information content (AvgIpc) is 2.97. The summed E-state index contributed by atoms with van der Waals surface area (Å²) in [6, 6.07) is 5.64. The van der Waals surface area contributed by atoms with Gasteiger partial charge in [-0.05, 0) is 35.4 Å². The lowest BCUT2D eigenvalue weighted by Crippen LogP contribution is -2.21. The maximum atomic E-state index is 11.4. The normalized spacial score (nSPS) is 16.6. The van der Waals surface area contributed by atoms with Gasteiger partial charge in [-0.2, -0.15) is 4.86 Å². The highest BCUT2D eigenvalue weighted by Crippen LogP contribution is 2.29. The number of hydrogen-bond acceptors (Lipinski definition) is 7. The Balaban J connectivity index is 2.10. The number of benzene rings is 1. The van der Waals surface area contributed by atoms with E-state index in [-0.39, 0.29) is 22.6 Å². The summed E-state index contributed by atoms with van der Waals surface area (Å²) in [5.41, 5.74) is 1.08. The molecule has 1 amide bonds. The molecular weight excluding hydrogens is 374 g/mol. The van der Waals surface area contributed by atoms with E-state index in [1.165, 1.54) is 7.11 Å². The van der Waals surface area contributed by atoms with Crippen LogP contribution in [-0.2, 0) is 30.8 Å². The Hall–Kier alpha value is -2.06. The molecule has 0 atom stereocenters. The van der Waals surface area contributed by atoms with Crippen LogP contribution in [0.3, 0.4) is 0 Å². The second-order valence-corrected chi connectivity index (χ2v) is 8.20. The number of thiocarbonyl (C=S) groups is 1. The van der Waals surface area contributed by atoms with Crippen molar-refractivity contribution in [3.05, 3.63) is 23.8 Å². The van der Waals surface area contributed by atoms with Gasteiger partial charge in [0.2, 0.25) is 5.91 Å². The van der Waals surface area contributed by atoms with Crippen molar-refractivity contribution >= 4 is 48.7 Å². The number of hydrogen-bond donors (Lipinski definition) is 1. The first-order valence-corrected chi connectivity index (χ1v) is 9.84. The van der Waals surface area contributed by atoms with E-state index in [2.05, 4.69) is 10.1 Å². The van der Waals surface area contributed by atoms with Crippen LogP contribution in [0.1, 0.15) is 25.8 Å². The fraction of sp³-hybridized carbons (Fsp3) is 0.389. The van der Waals surface area contributed by atoms with Crippen molar-refractivity contribution < 1.29 is 23.8 Å². The van der Waals surface area contributed by atoms with Crippen LogP contribution < -0.4 is 14.8 Å². The summed E-state index contributed by atoms with van der Waals surface area (Å²) < 4.78 is 16.2. The van der Waals surface area contributed by atoms with E-state index in [9.17, 15) is 9.59 Å². The van der Waals surface area contributed by atoms with Gasteiger partial charge in [0.15, 0.2) is 18.1 Å². The van der Waals surface area contributed by atoms with Gasteiger partial charge >= 0.3 is 5.97 Å². The Kier molecular flexibility index (Phi) is 7.47. The molecule has 1 N–H and O–H groups in total. The lowest BCUT2D eigenvalue weighted by molar-refractivity contribution is -0.142. The number of methoxy groups -OCH3 is 1. The summed E-state index contributed by atoms with van der Waals surface area (Å²) in [5.74, 6) is 0.524. The number of carbonyl (C=O) groups is 2. The van der Waals surface area contributed by atoms with Crippen LogP contribution in [0.2, 0.25) is 0 Å². The molecule has 1 aliphatic rings. The quantitative estimate of drug-likeness (QED) is 0.409. The molecule has 26 heavy (non-hydrogen) atoms. The molecule has 0 saturated heterocycles. The monoisotopic (exact) mass is 396 g/mol. The molecule has 2 rings (SSSR count). The van der Waals surface area contributed by atoms with Crippen LogP contribution >= 0.6 is 12.2 Å². The molecule has 8 heteroatoms. The van der Waals surface area contributed by atoms with Gasteiger partial charge in [0, 0.05) is 0 Å². The first-order valence-electron chi connectivity index (χ1n) is 8.15. The van der Waals surface area contributed by atoms with Gasteiger partial charge in [-0.1, -0.05) is 31.6 Å². The zero-order valence-corrected chi connectivity index (χ0v) is 16.6. The fourth-order valence-corrected chi connectivity index (χ4v) is 4.43. The smallest absolute Gasteiger partial charge is 0.343 e. The third-order valence-corrected chi connectivity index (χ3v) is 6.22. The van der Waals surface area contributed by atoms with Crippen molar-refractivity contribution in [2.45, 2.75) is 26.7 Å². The molecule has 1 heterocycles. The molecule has 6 nitrogen and oxygen atoms in total. The highest BCUT2D eigenvalue weighted by atomic mass is 32.2. The summed E-state index contributed by atoms with van der Waals surface area (Å²) in [7, 11) is 0.926. The Morgan fingerprint density at radius 3 is 2.65 bits per heavy atom. The molecule has 1 aliphatic heterocycles. The molecule has 0 bridgehead atoms. The predicted octanol–water partition coefficient (Wildman–Crippen LogP) is 1.60. The van der Waals surface area contributed by atoms with E-state index in [0.29, 0.717) is 22.4 Å². The average molecular weight is 397 g/mol. The molecule has 0 aromatic heterocycles. The zero-order valence-electron chi connectivity index (χ0n) is 15.0. The van der Waals surface area contributed by atoms with Gasteiger partial charge in [0.25, 0.3) is 0 Å². The summed E-state index contributed by atoms with van der Waals surface area (Å²) >= 11 is 5.21. The van der Waals surface area contributed by atoms with Gasteiger partial charge in [-0.3, -0.25) is 4.79 Å². The number of rotatable bonds is 8. The van der Waals surface area contributed by atoms with E-state index in [1.807, 2.05) is 26.0 Å². The first kappa shape index (κ1) is 20.3. The van der Waals surface area contributed by atoms with Gasteiger partial charge in [0.05, 0.1) is 13.7 Å². The molecule has 0 fully saturated rings. The second-order valence-electron chi connectivity index (χ2n) is 5.51. The molecule has 1 aromatic rings. The van der Waals surface area contributed by atoms with Crippen molar-refractivity contribution in [2.75, 3.05) is 20.3 Å². The SMILES string of the molecule is CCOc1cc(CCC(C)=[S-]2=CC(=O)NC2=S)ccc1OCC(=O)OC. The van der Waals surface area contributed by atoms with Crippen LogP contribution in [0.25, 0.3) is 0 Å². The van der Waals surface area contributed by atoms with Crippen molar-refractivity contribution in [3.8, 4) is 11.5 Å². The molecule has 0 saturated carbocycles. The summed E-state index contributed by atoms with van der Waals surface area (Å²) in [5, 5.41) is 4.31. The molecule has 142 valence electrons. The van der Waals surface area contributed by atoms with Crippen LogP contribution in [0.4, 0.5) is 0 Å². The van der Waals surface area contributed by atoms with Crippen LogP contribution in [0.5, 0.6) is 11.5 Å². The zero-order chi connectivity index (χ0) is 19.1. The fourth-order valence-electron chi connectivity index (χ4n) is 2.33. The molecule has 0 aliphatic carbocycles. The number of ether oxygens (including phenoxy) is 3. The maximum Gasteiger partial charge on any atom is 0.343 e. The highest BCUT2D eigenvalue weighted by Gasteiger charge is 2.09. The van der Waals surface area contributed by atoms with Crippen LogP contribution in [0.15, 0.2) is 18.2 Å². The van der Waals surface area contributed by atoms with E-state index in [0.717, 1.165) is 23.3 Å². The van der Waals surface area contributed by atoms with Crippen molar-refractivity contribution in [2.24, 2.45) is 0 Å². The van der Waals surface area contributed by atoms with E-state index in [4.69, 9.17) is 21.7 Å². The largest absolute Gasteiger partial charge is 0.490 e. The van der Waals surface area contributed by atoms with Gasteiger partial charge in [0.1, 0.15) is 0 Å². The highest BCUT2D eigenvalue weighted by molar-refractivity contribution is 8.19. The summed E-state index contributed by atoms with van der Waals surface area (Å²) in [6.07, 6.45) is 1.60. The number of amides is 1. The molecular formula is C18H22NO5S2-. The Bertz CT molecular complexity index is 810. The summed E-state index contributed by atoms with van der Waals surface area (Å²) in [4.78, 5) is 23.8. The number of nitrogens with one attached hydrogen (secondary N) is 1. The lowest BCUT2D eigenvalue weighted by Gasteiger charge is -2.15. The predicted molar refractivity (Wildman–Crippen MR) is 108 cm³/mol. The molecule has 0 unspecified atom stereocenters. The minimum atomic E-state index is -0.449. The minimum absolute atomic E-state index is 0.122. The van der Waals surface area contributed by atoms with E-state index < -0.39 is 5.97 Å². The van der Waals surface area contributed by atoms with Gasteiger partial charge in [-0.15, -0.1) is 5.37 Å². The summed E-state index contributed by atoms with van der Waals surface area (Å²) in [6.45, 7) is 4.23. The standard InChI is InChI=1S/C18H22NO5S2/c1-4-23-15-9-13(7-8-14(15)24-10-17(21)22-3)6-5-12(2)26-11-16(20)19-18(26)25/h7-9,11H,4-6,10H2,1-3H3,(H,19,20,25)/q-1.